The van der Waals surface area contributed by atoms with E-state index in [2.05, 4.69) is 34.4 Å². The fourth-order valence-electron chi connectivity index (χ4n) is 8.15. The zero-order valence-corrected chi connectivity index (χ0v) is 31.2. The summed E-state index contributed by atoms with van der Waals surface area (Å²) >= 11 is 3.75. The normalized spacial score (nSPS) is 25.3. The predicted molar refractivity (Wildman–Crippen MR) is 203 cm³/mol. The number of rotatable bonds is 17. The molecule has 0 saturated carbocycles. The van der Waals surface area contributed by atoms with Crippen LogP contribution in [0.5, 0.6) is 0 Å². The lowest BCUT2D eigenvalue weighted by Gasteiger charge is -2.39. The Bertz CT molecular complexity index is 1780. The quantitative estimate of drug-likeness (QED) is 0.113. The van der Waals surface area contributed by atoms with Crippen LogP contribution < -0.4 is 5.32 Å². The van der Waals surface area contributed by atoms with Gasteiger partial charge in [0.25, 0.3) is 0 Å². The zero-order valence-electron chi connectivity index (χ0n) is 29.6. The number of aliphatic hydroxyl groups is 1. The van der Waals surface area contributed by atoms with Gasteiger partial charge in [0.1, 0.15) is 17.7 Å². The molecule has 3 amide bonds. The number of alkyl halides is 1. The second-order valence-electron chi connectivity index (χ2n) is 13.9. The molecule has 53 heavy (non-hydrogen) atoms. The Balaban J connectivity index is 1.36. The predicted octanol–water partition coefficient (Wildman–Crippen LogP) is 4.92. The number of ether oxygens (including phenoxy) is 2. The summed E-state index contributed by atoms with van der Waals surface area (Å²) in [5.74, 6) is -3.75. The van der Waals surface area contributed by atoms with Crippen molar-refractivity contribution in [3.05, 3.63) is 133 Å². The van der Waals surface area contributed by atoms with Gasteiger partial charge < -0.3 is 29.7 Å². The van der Waals surface area contributed by atoms with E-state index in [1.807, 2.05) is 91.0 Å². The van der Waals surface area contributed by atoms with Crippen LogP contribution in [-0.2, 0) is 41.6 Å². The van der Waals surface area contributed by atoms with Crippen LogP contribution in [0.15, 0.2) is 116 Å². The second kappa shape index (κ2) is 17.0. The molecule has 3 fully saturated rings. The van der Waals surface area contributed by atoms with Crippen LogP contribution in [0.25, 0.3) is 0 Å². The van der Waals surface area contributed by atoms with E-state index in [1.165, 1.54) is 4.90 Å². The Kier molecular flexibility index (Phi) is 12.3. The molecule has 8 atom stereocenters. The molecule has 6 rings (SSSR count). The number of benzene rings is 3. The number of hydrogen-bond donors (Lipinski definition) is 2. The average molecular weight is 785 g/mol. The Morgan fingerprint density at radius 1 is 1.00 bits per heavy atom. The van der Waals surface area contributed by atoms with Gasteiger partial charge in [-0.15, -0.1) is 13.2 Å². The molecular weight excluding hydrogens is 738 g/mol. The highest BCUT2D eigenvalue weighted by molar-refractivity contribution is 9.09. The summed E-state index contributed by atoms with van der Waals surface area (Å²) in [6.45, 7) is 7.66. The van der Waals surface area contributed by atoms with Crippen molar-refractivity contribution in [2.45, 2.75) is 66.9 Å². The number of carbonyl (C=O) groups is 4. The molecule has 3 heterocycles. The number of carbonyl (C=O) groups excluding carboxylic acids is 4. The largest absolute Gasteiger partial charge is 0.455 e. The lowest BCUT2D eigenvalue weighted by atomic mass is 9.70. The maximum Gasteiger partial charge on any atom is 0.313 e. The van der Waals surface area contributed by atoms with Crippen LogP contribution in [0.4, 0.5) is 0 Å². The van der Waals surface area contributed by atoms with Gasteiger partial charge in [-0.2, -0.15) is 0 Å². The first-order valence-electron chi connectivity index (χ1n) is 18.1. The van der Waals surface area contributed by atoms with E-state index in [9.17, 15) is 19.5 Å². The van der Waals surface area contributed by atoms with Crippen LogP contribution >= 0.6 is 15.9 Å². The highest BCUT2D eigenvalue weighted by atomic mass is 79.9. The Hall–Kier alpha value is -4.58. The van der Waals surface area contributed by atoms with Crippen molar-refractivity contribution in [3.63, 3.8) is 0 Å². The van der Waals surface area contributed by atoms with Gasteiger partial charge in [0.2, 0.25) is 17.7 Å². The van der Waals surface area contributed by atoms with Gasteiger partial charge in [-0.05, 0) is 36.0 Å². The van der Waals surface area contributed by atoms with Crippen molar-refractivity contribution in [1.82, 2.24) is 15.1 Å². The maximum absolute atomic E-state index is 15.0. The van der Waals surface area contributed by atoms with E-state index < -0.39 is 60.2 Å². The number of halogens is 1. The summed E-state index contributed by atoms with van der Waals surface area (Å²) in [7, 11) is 0. The first-order valence-corrected chi connectivity index (χ1v) is 19.0. The van der Waals surface area contributed by atoms with E-state index in [1.54, 1.807) is 17.1 Å². The molecule has 10 nitrogen and oxygen atoms in total. The molecule has 3 aromatic carbocycles. The minimum Gasteiger partial charge on any atom is -0.455 e. The fourth-order valence-corrected chi connectivity index (χ4v) is 9.10. The monoisotopic (exact) mass is 783 g/mol. The molecule has 3 aromatic rings. The van der Waals surface area contributed by atoms with Crippen molar-refractivity contribution in [2.75, 3.05) is 19.7 Å². The van der Waals surface area contributed by atoms with Gasteiger partial charge in [0.05, 0.1) is 37.1 Å². The molecule has 278 valence electrons. The van der Waals surface area contributed by atoms with Crippen LogP contribution in [0.3, 0.4) is 0 Å². The van der Waals surface area contributed by atoms with E-state index in [0.29, 0.717) is 18.4 Å². The number of nitrogens with zero attached hydrogens (tertiary/aromatic N) is 2. The Labute approximate surface area is 319 Å². The van der Waals surface area contributed by atoms with Gasteiger partial charge >= 0.3 is 5.97 Å². The van der Waals surface area contributed by atoms with E-state index in [-0.39, 0.29) is 49.1 Å². The molecule has 3 aliphatic rings. The SMILES string of the molecule is C=CCCC(=O)NC[C@@H](OC(=O)[C@@H]1[C@H]2O[C@@]3(CC2Br)[C@H](C(=O)N(CC=C)Cc2ccccc2)N([C@@H](CO)Cc2ccccc2)C(=O)[C@@H]13)c1ccccc1. The number of amides is 3. The number of nitrogens with one attached hydrogen (secondary N) is 1. The number of hydrogen-bond acceptors (Lipinski definition) is 7. The summed E-state index contributed by atoms with van der Waals surface area (Å²) in [5, 5.41) is 13.7. The Morgan fingerprint density at radius 3 is 2.26 bits per heavy atom. The van der Waals surface area contributed by atoms with E-state index >= 15 is 4.79 Å². The molecule has 0 aromatic heterocycles. The molecular formula is C42H46BrN3O7. The summed E-state index contributed by atoms with van der Waals surface area (Å²) in [4.78, 5) is 59.8. The molecule has 1 spiro atoms. The molecule has 11 heteroatoms. The third kappa shape index (κ3) is 7.88. The first kappa shape index (κ1) is 38.2. The van der Waals surface area contributed by atoms with E-state index in [0.717, 1.165) is 11.1 Å². The summed E-state index contributed by atoms with van der Waals surface area (Å²) < 4.78 is 13.0. The van der Waals surface area contributed by atoms with Crippen molar-refractivity contribution in [2.24, 2.45) is 11.8 Å². The third-order valence-electron chi connectivity index (χ3n) is 10.5. The standard InChI is InChI=1S/C42H46BrN3O7/c1-3-5-21-34(48)44-25-33(30-19-13-8-14-20-30)52-41(51)35-36-39(49)46(31(27-47)23-28-15-9-6-10-16-28)38(42(36)24-32(43)37(35)53-42)40(50)45(22-4-2)26-29-17-11-7-12-18-29/h3-4,6-20,31-33,35-38,47H,1-2,5,21-27H2,(H,44,48)/t31-,32?,33-,35+,36-,37+,38+,42-/m1/s1. The molecule has 2 bridgehead atoms. The zero-order chi connectivity index (χ0) is 37.5. The van der Waals surface area contributed by atoms with Crippen LogP contribution in [0, 0.1) is 11.8 Å². The van der Waals surface area contributed by atoms with Gasteiger partial charge in [-0.1, -0.05) is 119 Å². The van der Waals surface area contributed by atoms with E-state index in [4.69, 9.17) is 9.47 Å². The first-order chi connectivity index (χ1) is 25.7. The van der Waals surface area contributed by atoms with Crippen molar-refractivity contribution >= 4 is 39.6 Å². The lowest BCUT2D eigenvalue weighted by Crippen LogP contribution is -2.59. The number of aliphatic hydroxyl groups excluding tert-OH is 1. The summed E-state index contributed by atoms with van der Waals surface area (Å²) in [6.07, 6.45) is 3.04. The Morgan fingerprint density at radius 2 is 1.64 bits per heavy atom. The molecule has 3 aliphatic heterocycles. The highest BCUT2D eigenvalue weighted by Gasteiger charge is 2.77. The van der Waals surface area contributed by atoms with Gasteiger partial charge in [0.15, 0.2) is 0 Å². The van der Waals surface area contributed by atoms with Crippen LogP contribution in [0.1, 0.15) is 42.1 Å². The smallest absolute Gasteiger partial charge is 0.313 e. The fraction of sp³-hybridized carbons (Fsp3) is 0.381. The molecule has 2 N–H and O–H groups in total. The number of fused-ring (bicyclic) bond motifs is 1. The van der Waals surface area contributed by atoms with Crippen LogP contribution in [-0.4, -0.2) is 86.9 Å². The third-order valence-corrected chi connectivity index (χ3v) is 11.4. The highest BCUT2D eigenvalue weighted by Crippen LogP contribution is 2.61. The molecule has 0 radical (unpaired) electrons. The minimum atomic E-state index is -1.38. The van der Waals surface area contributed by atoms with Crippen molar-refractivity contribution in [1.29, 1.82) is 0 Å². The van der Waals surface area contributed by atoms with Gasteiger partial charge in [-0.25, -0.2) is 0 Å². The minimum absolute atomic E-state index is 0.0262. The summed E-state index contributed by atoms with van der Waals surface area (Å²) in [6, 6.07) is 26.2. The lowest BCUT2D eigenvalue weighted by molar-refractivity contribution is -0.161. The number of likely N-dealkylation sites (tertiary alicyclic amines) is 1. The second-order valence-corrected chi connectivity index (χ2v) is 15.1. The number of allylic oxidation sites excluding steroid dienone is 1. The molecule has 1 unspecified atom stereocenters. The van der Waals surface area contributed by atoms with Gasteiger partial charge in [0, 0.05) is 24.3 Å². The molecule has 3 saturated heterocycles. The van der Waals surface area contributed by atoms with Crippen molar-refractivity contribution < 1.29 is 33.8 Å². The van der Waals surface area contributed by atoms with Crippen molar-refractivity contribution in [3.8, 4) is 0 Å². The topological polar surface area (TPSA) is 125 Å². The summed E-state index contributed by atoms with van der Waals surface area (Å²) in [5.41, 5.74) is 1.08. The van der Waals surface area contributed by atoms with Crippen LogP contribution in [0.2, 0.25) is 0 Å². The maximum atomic E-state index is 15.0. The average Bonchev–Trinajstić information content (AvgIpc) is 3.78. The number of esters is 1. The molecule has 0 aliphatic carbocycles. The van der Waals surface area contributed by atoms with Gasteiger partial charge in [-0.3, -0.25) is 19.2 Å².